The van der Waals surface area contributed by atoms with Crippen LogP contribution in [0, 0.1) is 12.7 Å². The number of rotatable bonds is 3. The van der Waals surface area contributed by atoms with Gasteiger partial charge in [-0.2, -0.15) is 0 Å². The Morgan fingerprint density at radius 2 is 2.00 bits per heavy atom. The van der Waals surface area contributed by atoms with Gasteiger partial charge in [-0.25, -0.2) is 4.39 Å². The van der Waals surface area contributed by atoms with Gasteiger partial charge in [0.2, 0.25) is 0 Å². The lowest BCUT2D eigenvalue weighted by atomic mass is 9.81. The molecule has 2 aliphatic heterocycles. The Labute approximate surface area is 176 Å². The highest BCUT2D eigenvalue weighted by Gasteiger charge is 2.44. The second-order valence-corrected chi connectivity index (χ2v) is 8.60. The van der Waals surface area contributed by atoms with Crippen molar-refractivity contribution >= 4 is 5.91 Å². The SMILES string of the molecule is Cc1cc(C(=O)N2CCC3(CC2)CC(O)c2c(F)cccc2O3)ccc1OC(C)C. The van der Waals surface area contributed by atoms with Crippen LogP contribution in [0.3, 0.4) is 0 Å². The largest absolute Gasteiger partial charge is 0.491 e. The molecule has 1 fully saturated rings. The smallest absolute Gasteiger partial charge is 0.253 e. The average Bonchev–Trinajstić information content (AvgIpc) is 2.69. The summed E-state index contributed by atoms with van der Waals surface area (Å²) in [5, 5.41) is 10.5. The van der Waals surface area contributed by atoms with Crippen molar-refractivity contribution in [2.45, 2.75) is 57.8 Å². The Balaban J connectivity index is 1.45. The maximum Gasteiger partial charge on any atom is 0.253 e. The van der Waals surface area contributed by atoms with E-state index in [1.165, 1.54) is 6.07 Å². The molecule has 0 aliphatic carbocycles. The molecule has 6 heteroatoms. The van der Waals surface area contributed by atoms with Crippen LogP contribution in [0.4, 0.5) is 4.39 Å². The Morgan fingerprint density at radius 1 is 1.27 bits per heavy atom. The van der Waals surface area contributed by atoms with Crippen molar-refractivity contribution in [2.75, 3.05) is 13.1 Å². The van der Waals surface area contributed by atoms with Gasteiger partial charge in [0.25, 0.3) is 5.91 Å². The van der Waals surface area contributed by atoms with Crippen molar-refractivity contribution in [1.29, 1.82) is 0 Å². The summed E-state index contributed by atoms with van der Waals surface area (Å²) in [5.41, 5.74) is 1.24. The minimum atomic E-state index is -0.895. The number of piperidine rings is 1. The topological polar surface area (TPSA) is 59.0 Å². The standard InChI is InChI=1S/C24H28FNO4/c1-15(2)29-20-8-7-17(13-16(20)3)23(28)26-11-9-24(10-12-26)14-19(27)22-18(25)5-4-6-21(22)30-24/h4-8,13,15,19,27H,9-12,14H2,1-3H3. The lowest BCUT2D eigenvalue weighted by Crippen LogP contribution is -2.52. The van der Waals surface area contributed by atoms with Crippen molar-refractivity contribution in [2.24, 2.45) is 0 Å². The lowest BCUT2D eigenvalue weighted by Gasteiger charge is -2.46. The minimum Gasteiger partial charge on any atom is -0.491 e. The number of aliphatic hydroxyl groups excluding tert-OH is 1. The van der Waals surface area contributed by atoms with Gasteiger partial charge in [-0.15, -0.1) is 0 Å². The predicted molar refractivity (Wildman–Crippen MR) is 111 cm³/mol. The summed E-state index contributed by atoms with van der Waals surface area (Å²) >= 11 is 0. The molecule has 0 aromatic heterocycles. The molecule has 1 amide bonds. The number of ether oxygens (including phenoxy) is 2. The summed E-state index contributed by atoms with van der Waals surface area (Å²) in [6, 6.07) is 10.1. The fourth-order valence-electron chi connectivity index (χ4n) is 4.43. The number of aliphatic hydroxyl groups is 1. The second-order valence-electron chi connectivity index (χ2n) is 8.60. The number of benzene rings is 2. The van der Waals surface area contributed by atoms with E-state index < -0.39 is 17.5 Å². The molecule has 4 rings (SSSR count). The van der Waals surface area contributed by atoms with Gasteiger partial charge in [0.05, 0.1) is 17.8 Å². The monoisotopic (exact) mass is 413 g/mol. The van der Waals surface area contributed by atoms with Crippen LogP contribution in [0.15, 0.2) is 36.4 Å². The van der Waals surface area contributed by atoms with Crippen molar-refractivity contribution in [1.82, 2.24) is 4.90 Å². The molecule has 0 saturated carbocycles. The highest BCUT2D eigenvalue weighted by Crippen LogP contribution is 2.45. The molecule has 0 radical (unpaired) electrons. The summed E-state index contributed by atoms with van der Waals surface area (Å²) < 4.78 is 26.0. The molecule has 0 bridgehead atoms. The number of amides is 1. The van der Waals surface area contributed by atoms with Gasteiger partial charge in [0.1, 0.15) is 22.9 Å². The molecule has 1 atom stereocenters. The second kappa shape index (κ2) is 7.91. The highest BCUT2D eigenvalue weighted by molar-refractivity contribution is 5.94. The molecule has 1 saturated heterocycles. The molecule has 2 heterocycles. The van der Waals surface area contributed by atoms with Crippen LogP contribution in [0.5, 0.6) is 11.5 Å². The number of likely N-dealkylation sites (tertiary alicyclic amines) is 1. The fourth-order valence-corrected chi connectivity index (χ4v) is 4.43. The zero-order valence-corrected chi connectivity index (χ0v) is 17.7. The molecular weight excluding hydrogens is 385 g/mol. The van der Waals surface area contributed by atoms with Gasteiger partial charge in [-0.05, 0) is 56.7 Å². The molecule has 30 heavy (non-hydrogen) atoms. The average molecular weight is 413 g/mol. The van der Waals surface area contributed by atoms with Gasteiger partial charge in [-0.3, -0.25) is 4.79 Å². The number of hydrogen-bond acceptors (Lipinski definition) is 4. The summed E-state index contributed by atoms with van der Waals surface area (Å²) in [6.45, 7) is 6.94. The first-order valence-corrected chi connectivity index (χ1v) is 10.5. The van der Waals surface area contributed by atoms with Crippen LogP contribution in [0.2, 0.25) is 0 Å². The number of nitrogens with zero attached hydrogens (tertiary/aromatic N) is 1. The van der Waals surface area contributed by atoms with Crippen LogP contribution >= 0.6 is 0 Å². The Bertz CT molecular complexity index is 950. The summed E-state index contributed by atoms with van der Waals surface area (Å²) in [5.74, 6) is 0.731. The van der Waals surface area contributed by atoms with E-state index in [0.29, 0.717) is 43.7 Å². The zero-order chi connectivity index (χ0) is 21.5. The van der Waals surface area contributed by atoms with Crippen LogP contribution < -0.4 is 9.47 Å². The Morgan fingerprint density at radius 3 is 2.67 bits per heavy atom. The van der Waals surface area contributed by atoms with Crippen molar-refractivity contribution in [3.63, 3.8) is 0 Å². The maximum absolute atomic E-state index is 14.1. The number of hydrogen-bond donors (Lipinski definition) is 1. The van der Waals surface area contributed by atoms with Crippen LogP contribution in [-0.2, 0) is 0 Å². The number of halogens is 1. The number of carbonyl (C=O) groups is 1. The lowest BCUT2D eigenvalue weighted by molar-refractivity contribution is -0.0509. The Hall–Kier alpha value is -2.60. The molecule has 1 unspecified atom stereocenters. The van der Waals surface area contributed by atoms with E-state index in [4.69, 9.17) is 9.47 Å². The quantitative estimate of drug-likeness (QED) is 0.810. The number of carbonyl (C=O) groups excluding carboxylic acids is 1. The van der Waals surface area contributed by atoms with Crippen LogP contribution in [0.25, 0.3) is 0 Å². The van der Waals surface area contributed by atoms with Crippen molar-refractivity contribution in [3.05, 3.63) is 58.9 Å². The van der Waals surface area contributed by atoms with E-state index in [-0.39, 0.29) is 17.6 Å². The van der Waals surface area contributed by atoms with Gasteiger partial charge < -0.3 is 19.5 Å². The van der Waals surface area contributed by atoms with Crippen molar-refractivity contribution in [3.8, 4) is 11.5 Å². The molecule has 1 spiro atoms. The Kier molecular flexibility index (Phi) is 5.45. The van der Waals surface area contributed by atoms with Gasteiger partial charge in [0.15, 0.2) is 0 Å². The van der Waals surface area contributed by atoms with Crippen LogP contribution in [0.1, 0.15) is 60.7 Å². The first-order valence-electron chi connectivity index (χ1n) is 10.5. The molecule has 2 aromatic carbocycles. The molecule has 160 valence electrons. The van der Waals surface area contributed by atoms with Gasteiger partial charge >= 0.3 is 0 Å². The third-order valence-corrected chi connectivity index (χ3v) is 5.98. The molecule has 2 aromatic rings. The molecular formula is C24H28FNO4. The highest BCUT2D eigenvalue weighted by atomic mass is 19.1. The molecule has 1 N–H and O–H groups in total. The van der Waals surface area contributed by atoms with Gasteiger partial charge in [0, 0.05) is 37.9 Å². The van der Waals surface area contributed by atoms with E-state index >= 15 is 0 Å². The molecule has 2 aliphatic rings. The molecule has 5 nitrogen and oxygen atoms in total. The van der Waals surface area contributed by atoms with Crippen LogP contribution in [-0.4, -0.2) is 40.7 Å². The number of fused-ring (bicyclic) bond motifs is 1. The fraction of sp³-hybridized carbons (Fsp3) is 0.458. The maximum atomic E-state index is 14.1. The van der Waals surface area contributed by atoms with E-state index in [1.54, 1.807) is 18.2 Å². The zero-order valence-electron chi connectivity index (χ0n) is 17.7. The van der Waals surface area contributed by atoms with E-state index in [2.05, 4.69) is 0 Å². The van der Waals surface area contributed by atoms with E-state index in [0.717, 1.165) is 11.3 Å². The van der Waals surface area contributed by atoms with E-state index in [9.17, 15) is 14.3 Å². The third-order valence-electron chi connectivity index (χ3n) is 5.98. The summed E-state index contributed by atoms with van der Waals surface area (Å²) in [7, 11) is 0. The first-order chi connectivity index (χ1) is 14.3. The minimum absolute atomic E-state index is 0.0214. The first kappa shape index (κ1) is 20.7. The normalized spacial score (nSPS) is 20.1. The summed E-state index contributed by atoms with van der Waals surface area (Å²) in [4.78, 5) is 14.8. The number of aryl methyl sites for hydroxylation is 1. The van der Waals surface area contributed by atoms with Gasteiger partial charge in [-0.1, -0.05) is 6.07 Å². The predicted octanol–water partition coefficient (Wildman–Crippen LogP) is 4.41. The summed E-state index contributed by atoms with van der Waals surface area (Å²) in [6.07, 6.45) is 0.711. The van der Waals surface area contributed by atoms with Crippen molar-refractivity contribution < 1.29 is 23.8 Å². The third kappa shape index (κ3) is 3.88. The van der Waals surface area contributed by atoms with E-state index in [1.807, 2.05) is 37.8 Å².